The Kier molecular flexibility index (Phi) is 4.58. The number of ether oxygens (including phenoxy) is 1. The van der Waals surface area contributed by atoms with Gasteiger partial charge in [0.25, 0.3) is 0 Å². The number of nitrogens with one attached hydrogen (secondary N) is 3. The number of piperidine rings is 1. The second-order valence-electron chi connectivity index (χ2n) is 7.07. The van der Waals surface area contributed by atoms with Crippen LogP contribution in [0.1, 0.15) is 24.8 Å². The molecule has 2 aliphatic heterocycles. The summed E-state index contributed by atoms with van der Waals surface area (Å²) in [6.45, 7) is 2.02. The first-order valence-electron chi connectivity index (χ1n) is 8.86. The van der Waals surface area contributed by atoms with Crippen molar-refractivity contribution in [2.45, 2.75) is 31.8 Å². The van der Waals surface area contributed by atoms with Crippen LogP contribution in [0.4, 0.5) is 0 Å². The van der Waals surface area contributed by atoms with E-state index in [1.807, 2.05) is 0 Å². The molecule has 1 atom stereocenters. The molecular weight excluding hydrogens is 356 g/mol. The molecule has 4 rings (SSSR count). The smallest absolute Gasteiger partial charge is 0.312 e. The van der Waals surface area contributed by atoms with E-state index in [0.29, 0.717) is 23.6 Å². The maximum Gasteiger partial charge on any atom is 0.312 e. The summed E-state index contributed by atoms with van der Waals surface area (Å²) < 4.78 is 5.51. The molecule has 2 aromatic heterocycles. The van der Waals surface area contributed by atoms with E-state index in [0.717, 1.165) is 36.9 Å². The minimum atomic E-state index is -0.364. The first-order valence-corrected chi connectivity index (χ1v) is 9.24. The van der Waals surface area contributed by atoms with Gasteiger partial charge in [-0.15, -0.1) is 0 Å². The van der Waals surface area contributed by atoms with Gasteiger partial charge in [0.15, 0.2) is 0 Å². The largest absolute Gasteiger partial charge is 0.460 e. The number of carbonyl (C=O) groups excluding carboxylic acids is 2. The Balaban J connectivity index is 1.35. The molecule has 0 bridgehead atoms. The molecular formula is C18H21ClN4O3. The number of H-pyrrole nitrogens is 1. The average Bonchev–Trinajstić information content (AvgIpc) is 3.17. The molecule has 0 radical (unpaired) electrons. The highest BCUT2D eigenvalue weighted by Gasteiger charge is 2.49. The standard InChI is InChI=1S/C18H21ClN4O3/c19-13-1-4-21-16-15(13)11(9-23-16)7-14(24)22-10-12-8-18(17(25)26-12)2-5-20-6-3-18/h1,4,9,12,20H,2-3,5-8,10H2,(H,21,23)(H,22,24). The van der Waals surface area contributed by atoms with Crippen molar-refractivity contribution in [2.24, 2.45) is 5.41 Å². The summed E-state index contributed by atoms with van der Waals surface area (Å²) in [6.07, 6.45) is 5.60. The topological polar surface area (TPSA) is 96.1 Å². The SMILES string of the molecule is O=C(Cc1c[nH]c2nccc(Cl)c12)NCC1CC2(CCNCC2)C(=O)O1. The first-order chi connectivity index (χ1) is 12.6. The molecule has 0 aromatic carbocycles. The molecule has 8 heteroatoms. The molecule has 1 amide bonds. The van der Waals surface area contributed by atoms with E-state index in [9.17, 15) is 9.59 Å². The van der Waals surface area contributed by atoms with Crippen LogP contribution in [0.2, 0.25) is 5.02 Å². The van der Waals surface area contributed by atoms with Crippen molar-refractivity contribution in [3.63, 3.8) is 0 Å². The van der Waals surface area contributed by atoms with Gasteiger partial charge in [0, 0.05) is 24.2 Å². The average molecular weight is 377 g/mol. The Morgan fingerprint density at radius 1 is 1.42 bits per heavy atom. The molecule has 2 aromatic rings. The van der Waals surface area contributed by atoms with Crippen LogP contribution >= 0.6 is 11.6 Å². The Morgan fingerprint density at radius 3 is 3.04 bits per heavy atom. The third-order valence-electron chi connectivity index (χ3n) is 5.37. The summed E-state index contributed by atoms with van der Waals surface area (Å²) in [4.78, 5) is 31.8. The zero-order valence-electron chi connectivity index (χ0n) is 14.3. The van der Waals surface area contributed by atoms with Crippen molar-refractivity contribution in [3.05, 3.63) is 29.0 Å². The number of fused-ring (bicyclic) bond motifs is 1. The number of aromatic amines is 1. The van der Waals surface area contributed by atoms with Gasteiger partial charge >= 0.3 is 5.97 Å². The number of hydrogen-bond acceptors (Lipinski definition) is 5. The summed E-state index contributed by atoms with van der Waals surface area (Å²) in [6, 6.07) is 1.70. The van der Waals surface area contributed by atoms with Crippen molar-refractivity contribution in [1.82, 2.24) is 20.6 Å². The number of aromatic nitrogens is 2. The van der Waals surface area contributed by atoms with Gasteiger partial charge in [-0.3, -0.25) is 9.59 Å². The fourth-order valence-corrected chi connectivity index (χ4v) is 4.22. The molecule has 2 aliphatic rings. The summed E-state index contributed by atoms with van der Waals surface area (Å²) in [7, 11) is 0. The summed E-state index contributed by atoms with van der Waals surface area (Å²) in [5, 5.41) is 7.48. The van der Waals surface area contributed by atoms with Crippen LogP contribution in [-0.2, 0) is 20.7 Å². The van der Waals surface area contributed by atoms with Gasteiger partial charge in [-0.05, 0) is 37.6 Å². The summed E-state index contributed by atoms with van der Waals surface area (Å²) in [5.74, 6) is -0.249. The van der Waals surface area contributed by atoms with Crippen LogP contribution in [0, 0.1) is 5.41 Å². The van der Waals surface area contributed by atoms with Gasteiger partial charge < -0.3 is 20.4 Å². The fraction of sp³-hybridized carbons (Fsp3) is 0.500. The van der Waals surface area contributed by atoms with Crippen molar-refractivity contribution in [1.29, 1.82) is 0 Å². The molecule has 2 fully saturated rings. The number of esters is 1. The number of nitrogens with zero attached hydrogens (tertiary/aromatic N) is 1. The van der Waals surface area contributed by atoms with Crippen molar-refractivity contribution in [3.8, 4) is 0 Å². The quantitative estimate of drug-likeness (QED) is 0.704. The molecule has 3 N–H and O–H groups in total. The van der Waals surface area contributed by atoms with E-state index < -0.39 is 0 Å². The zero-order valence-corrected chi connectivity index (χ0v) is 15.1. The van der Waals surface area contributed by atoms with E-state index >= 15 is 0 Å². The predicted molar refractivity (Wildman–Crippen MR) is 96.9 cm³/mol. The minimum Gasteiger partial charge on any atom is -0.460 e. The van der Waals surface area contributed by atoms with Gasteiger partial charge in [-0.25, -0.2) is 4.98 Å². The Bertz CT molecular complexity index is 844. The third-order valence-corrected chi connectivity index (χ3v) is 5.68. The number of carbonyl (C=O) groups is 2. The molecule has 1 unspecified atom stereocenters. The van der Waals surface area contributed by atoms with Crippen LogP contribution in [0.25, 0.3) is 11.0 Å². The number of halogens is 1. The lowest BCUT2D eigenvalue weighted by Gasteiger charge is -2.29. The number of hydrogen-bond donors (Lipinski definition) is 3. The monoisotopic (exact) mass is 376 g/mol. The highest BCUT2D eigenvalue weighted by Crippen LogP contribution is 2.41. The van der Waals surface area contributed by atoms with E-state index in [4.69, 9.17) is 16.3 Å². The van der Waals surface area contributed by atoms with Crippen LogP contribution in [0.5, 0.6) is 0 Å². The number of cyclic esters (lactones) is 1. The predicted octanol–water partition coefficient (Wildman–Crippen LogP) is 1.56. The van der Waals surface area contributed by atoms with Gasteiger partial charge in [0.05, 0.1) is 23.4 Å². The van der Waals surface area contributed by atoms with Gasteiger partial charge in [-0.1, -0.05) is 11.6 Å². The molecule has 0 aliphatic carbocycles. The highest BCUT2D eigenvalue weighted by molar-refractivity contribution is 6.35. The zero-order chi connectivity index (χ0) is 18.1. The van der Waals surface area contributed by atoms with E-state index in [1.54, 1.807) is 18.5 Å². The van der Waals surface area contributed by atoms with Crippen molar-refractivity contribution < 1.29 is 14.3 Å². The lowest BCUT2D eigenvalue weighted by Crippen LogP contribution is -2.40. The first kappa shape index (κ1) is 17.3. The number of rotatable bonds is 4. The molecule has 7 nitrogen and oxygen atoms in total. The Morgan fingerprint density at radius 2 is 2.23 bits per heavy atom. The lowest BCUT2D eigenvalue weighted by molar-refractivity contribution is -0.150. The molecule has 138 valence electrons. The van der Waals surface area contributed by atoms with E-state index in [1.165, 1.54) is 0 Å². The fourth-order valence-electron chi connectivity index (χ4n) is 3.95. The number of amides is 1. The summed E-state index contributed by atoms with van der Waals surface area (Å²) >= 11 is 6.21. The summed E-state index contributed by atoms with van der Waals surface area (Å²) in [5.41, 5.74) is 1.10. The van der Waals surface area contributed by atoms with Crippen LogP contribution < -0.4 is 10.6 Å². The van der Waals surface area contributed by atoms with Crippen LogP contribution in [0.15, 0.2) is 18.5 Å². The molecule has 1 spiro atoms. The molecule has 26 heavy (non-hydrogen) atoms. The normalized spacial score (nSPS) is 21.9. The molecule has 2 saturated heterocycles. The van der Waals surface area contributed by atoms with E-state index in [-0.39, 0.29) is 29.8 Å². The highest BCUT2D eigenvalue weighted by atomic mass is 35.5. The maximum atomic E-state index is 12.3. The van der Waals surface area contributed by atoms with Crippen molar-refractivity contribution >= 4 is 34.5 Å². The maximum absolute atomic E-state index is 12.3. The lowest BCUT2D eigenvalue weighted by atomic mass is 9.76. The van der Waals surface area contributed by atoms with E-state index in [2.05, 4.69) is 20.6 Å². The minimum absolute atomic E-state index is 0.118. The van der Waals surface area contributed by atoms with Crippen molar-refractivity contribution in [2.75, 3.05) is 19.6 Å². The van der Waals surface area contributed by atoms with Gasteiger partial charge in [0.1, 0.15) is 11.8 Å². The Labute approximate surface area is 155 Å². The van der Waals surface area contributed by atoms with Crippen LogP contribution in [-0.4, -0.2) is 47.6 Å². The van der Waals surface area contributed by atoms with Gasteiger partial charge in [-0.2, -0.15) is 0 Å². The second kappa shape index (κ2) is 6.89. The third kappa shape index (κ3) is 3.17. The molecule has 4 heterocycles. The van der Waals surface area contributed by atoms with Crippen LogP contribution in [0.3, 0.4) is 0 Å². The Hall–Kier alpha value is -2.12. The second-order valence-corrected chi connectivity index (χ2v) is 7.48. The molecule has 0 saturated carbocycles. The van der Waals surface area contributed by atoms with Gasteiger partial charge in [0.2, 0.25) is 5.91 Å². The number of pyridine rings is 1.